The van der Waals surface area contributed by atoms with Gasteiger partial charge in [-0.2, -0.15) is 0 Å². The first-order chi connectivity index (χ1) is 7.74. The topological polar surface area (TPSA) is 29.9 Å². The molecule has 0 aliphatic rings. The zero-order valence-corrected chi connectivity index (χ0v) is 9.94. The van der Waals surface area contributed by atoms with Gasteiger partial charge in [0.15, 0.2) is 0 Å². The fourth-order valence-electron chi connectivity index (χ4n) is 1.86. The molecule has 2 aromatic rings. The monoisotopic (exact) mass is 215 g/mol. The molecule has 0 radical (unpaired) electrons. The maximum absolute atomic E-state index is 4.26. The summed E-state index contributed by atoms with van der Waals surface area (Å²) in [5, 5.41) is 3.27. The molecule has 84 valence electrons. The molecule has 1 N–H and O–H groups in total. The van der Waals surface area contributed by atoms with Gasteiger partial charge in [0.1, 0.15) is 5.82 Å². The molecule has 0 fully saturated rings. The van der Waals surface area contributed by atoms with Crippen LogP contribution in [0.1, 0.15) is 24.4 Å². The van der Waals surface area contributed by atoms with Gasteiger partial charge in [-0.15, -0.1) is 0 Å². The van der Waals surface area contributed by atoms with Crippen LogP contribution < -0.4 is 5.32 Å². The second kappa shape index (κ2) is 4.49. The smallest absolute Gasteiger partial charge is 0.110 e. The number of hydrogen-bond acceptors (Lipinski definition) is 2. The van der Waals surface area contributed by atoms with E-state index in [1.54, 1.807) is 0 Å². The van der Waals surface area contributed by atoms with E-state index in [1.807, 2.05) is 26.4 Å². The lowest BCUT2D eigenvalue weighted by atomic mass is 10.1. The third-order valence-electron chi connectivity index (χ3n) is 2.92. The van der Waals surface area contributed by atoms with E-state index in [-0.39, 0.29) is 0 Å². The van der Waals surface area contributed by atoms with Gasteiger partial charge in [-0.3, -0.25) is 0 Å². The Morgan fingerprint density at radius 2 is 2.06 bits per heavy atom. The van der Waals surface area contributed by atoms with Crippen molar-refractivity contribution in [3.63, 3.8) is 0 Å². The lowest BCUT2D eigenvalue weighted by Crippen LogP contribution is -2.15. The number of aromatic nitrogens is 2. The molecular weight excluding hydrogens is 198 g/mol. The first-order valence-electron chi connectivity index (χ1n) is 5.50. The normalized spacial score (nSPS) is 12.7. The molecule has 1 atom stereocenters. The summed E-state index contributed by atoms with van der Waals surface area (Å²) in [6, 6.07) is 8.73. The summed E-state index contributed by atoms with van der Waals surface area (Å²) in [7, 11) is 1.97. The van der Waals surface area contributed by atoms with Crippen LogP contribution in [0.25, 0.3) is 5.69 Å². The van der Waals surface area contributed by atoms with Crippen molar-refractivity contribution in [2.75, 3.05) is 7.05 Å². The van der Waals surface area contributed by atoms with E-state index in [1.165, 1.54) is 11.3 Å². The Kier molecular flexibility index (Phi) is 3.06. The number of aryl methyl sites for hydroxylation is 1. The molecule has 0 saturated carbocycles. The summed E-state index contributed by atoms with van der Waals surface area (Å²) in [4.78, 5) is 4.26. The maximum Gasteiger partial charge on any atom is 0.110 e. The van der Waals surface area contributed by atoms with Gasteiger partial charge in [0.25, 0.3) is 0 Å². The molecule has 1 aromatic carbocycles. The van der Waals surface area contributed by atoms with E-state index in [9.17, 15) is 0 Å². The Morgan fingerprint density at radius 1 is 1.31 bits per heavy atom. The third kappa shape index (κ3) is 1.86. The summed E-state index contributed by atoms with van der Waals surface area (Å²) in [5.41, 5.74) is 2.48. The summed E-state index contributed by atoms with van der Waals surface area (Å²) in [5.74, 6) is 1.01. The van der Waals surface area contributed by atoms with Crippen LogP contribution in [-0.4, -0.2) is 16.6 Å². The van der Waals surface area contributed by atoms with Crippen molar-refractivity contribution in [1.82, 2.24) is 14.9 Å². The van der Waals surface area contributed by atoms with E-state index >= 15 is 0 Å². The predicted molar refractivity (Wildman–Crippen MR) is 65.8 cm³/mol. The van der Waals surface area contributed by atoms with Crippen molar-refractivity contribution < 1.29 is 0 Å². The molecule has 16 heavy (non-hydrogen) atoms. The van der Waals surface area contributed by atoms with Crippen LogP contribution in [0.5, 0.6) is 0 Å². The average molecular weight is 215 g/mol. The molecule has 0 aliphatic carbocycles. The van der Waals surface area contributed by atoms with Gasteiger partial charge in [-0.05, 0) is 32.5 Å². The van der Waals surface area contributed by atoms with E-state index < -0.39 is 0 Å². The predicted octanol–water partition coefficient (Wildman–Crippen LogP) is 2.46. The van der Waals surface area contributed by atoms with Crippen molar-refractivity contribution in [3.8, 4) is 5.69 Å². The van der Waals surface area contributed by atoms with E-state index in [4.69, 9.17) is 0 Å². The highest BCUT2D eigenvalue weighted by Gasteiger charge is 2.10. The lowest BCUT2D eigenvalue weighted by molar-refractivity contribution is 0.647. The zero-order valence-electron chi connectivity index (χ0n) is 9.94. The van der Waals surface area contributed by atoms with Crippen LogP contribution in [0.3, 0.4) is 0 Å². The molecule has 2 rings (SSSR count). The fraction of sp³-hybridized carbons (Fsp3) is 0.308. The van der Waals surface area contributed by atoms with Gasteiger partial charge in [0.05, 0.1) is 5.69 Å². The van der Waals surface area contributed by atoms with Crippen LogP contribution in [0.4, 0.5) is 0 Å². The highest BCUT2D eigenvalue weighted by Crippen LogP contribution is 2.21. The lowest BCUT2D eigenvalue weighted by Gasteiger charge is -2.17. The minimum Gasteiger partial charge on any atom is -0.313 e. The first-order valence-corrected chi connectivity index (χ1v) is 5.50. The zero-order chi connectivity index (χ0) is 11.5. The largest absolute Gasteiger partial charge is 0.313 e. The van der Waals surface area contributed by atoms with Gasteiger partial charge in [0, 0.05) is 18.4 Å². The molecule has 0 amide bonds. The van der Waals surface area contributed by atoms with Crippen LogP contribution in [0, 0.1) is 6.92 Å². The number of para-hydroxylation sites is 1. The summed E-state index contributed by atoms with van der Waals surface area (Å²) in [6.07, 6.45) is 3.83. The Labute approximate surface area is 96.1 Å². The molecule has 0 bridgehead atoms. The minimum absolute atomic E-state index is 0.331. The molecule has 0 spiro atoms. The Morgan fingerprint density at radius 3 is 2.69 bits per heavy atom. The van der Waals surface area contributed by atoms with E-state index in [0.29, 0.717) is 6.04 Å². The van der Waals surface area contributed by atoms with Gasteiger partial charge in [-0.25, -0.2) is 4.98 Å². The molecule has 0 aliphatic heterocycles. The Balaban J connectivity index is 2.53. The maximum atomic E-state index is 4.26. The summed E-state index contributed by atoms with van der Waals surface area (Å²) >= 11 is 0. The fourth-order valence-corrected chi connectivity index (χ4v) is 1.86. The van der Waals surface area contributed by atoms with E-state index in [0.717, 1.165) is 5.82 Å². The van der Waals surface area contributed by atoms with Gasteiger partial charge < -0.3 is 9.88 Å². The summed E-state index contributed by atoms with van der Waals surface area (Å²) in [6.45, 7) is 4.17. The van der Waals surface area contributed by atoms with Crippen LogP contribution in [0.15, 0.2) is 36.7 Å². The highest BCUT2D eigenvalue weighted by molar-refractivity contribution is 5.43. The number of rotatable bonds is 3. The first kappa shape index (κ1) is 10.9. The van der Waals surface area contributed by atoms with Gasteiger partial charge in [-0.1, -0.05) is 18.2 Å². The molecular formula is C13H17N3. The third-order valence-corrected chi connectivity index (χ3v) is 2.92. The SMILES string of the molecule is CNC(C)c1ccccc1-n1ccnc1C. The molecule has 0 saturated heterocycles. The minimum atomic E-state index is 0.331. The average Bonchev–Trinajstić information content (AvgIpc) is 2.74. The summed E-state index contributed by atoms with van der Waals surface area (Å²) < 4.78 is 2.11. The quantitative estimate of drug-likeness (QED) is 0.852. The van der Waals surface area contributed by atoms with Gasteiger partial charge >= 0.3 is 0 Å². The molecule has 1 aromatic heterocycles. The number of nitrogens with zero attached hydrogens (tertiary/aromatic N) is 2. The van der Waals surface area contributed by atoms with E-state index in [2.05, 4.69) is 46.1 Å². The number of benzene rings is 1. The molecule has 3 nitrogen and oxygen atoms in total. The van der Waals surface area contributed by atoms with Gasteiger partial charge in [0.2, 0.25) is 0 Å². The molecule has 3 heteroatoms. The van der Waals surface area contributed by atoms with Crippen LogP contribution in [-0.2, 0) is 0 Å². The standard InChI is InChI=1S/C13H17N3/c1-10(14-3)12-6-4-5-7-13(12)16-9-8-15-11(16)2/h4-10,14H,1-3H3. The van der Waals surface area contributed by atoms with Crippen molar-refractivity contribution in [1.29, 1.82) is 0 Å². The number of imidazole rings is 1. The number of nitrogens with one attached hydrogen (secondary N) is 1. The van der Waals surface area contributed by atoms with Crippen molar-refractivity contribution >= 4 is 0 Å². The van der Waals surface area contributed by atoms with Crippen molar-refractivity contribution in [2.45, 2.75) is 19.9 Å². The van der Waals surface area contributed by atoms with Crippen molar-refractivity contribution in [3.05, 3.63) is 48.0 Å². The van der Waals surface area contributed by atoms with Crippen molar-refractivity contribution in [2.24, 2.45) is 0 Å². The van der Waals surface area contributed by atoms with Crippen LogP contribution in [0.2, 0.25) is 0 Å². The second-order valence-corrected chi connectivity index (χ2v) is 3.91. The number of hydrogen-bond donors (Lipinski definition) is 1. The Bertz CT molecular complexity index is 474. The van der Waals surface area contributed by atoms with Crippen LogP contribution >= 0.6 is 0 Å². The molecule has 1 heterocycles. The second-order valence-electron chi connectivity index (χ2n) is 3.91. The Hall–Kier alpha value is -1.61. The molecule has 1 unspecified atom stereocenters. The highest BCUT2D eigenvalue weighted by atomic mass is 15.1.